The van der Waals surface area contributed by atoms with Crippen molar-refractivity contribution in [3.63, 3.8) is 0 Å². The SMILES string of the molecule is CCN(CC)CCNC(=O)CCC(=O)c1cc(Cl)ccc1OC. The van der Waals surface area contributed by atoms with E-state index in [0.717, 1.165) is 19.6 Å². The van der Waals surface area contributed by atoms with Gasteiger partial charge in [-0.15, -0.1) is 0 Å². The maximum Gasteiger partial charge on any atom is 0.220 e. The highest BCUT2D eigenvalue weighted by molar-refractivity contribution is 6.31. The van der Waals surface area contributed by atoms with Gasteiger partial charge in [-0.3, -0.25) is 9.59 Å². The number of nitrogens with one attached hydrogen (secondary N) is 1. The molecule has 23 heavy (non-hydrogen) atoms. The van der Waals surface area contributed by atoms with Crippen LogP contribution in [0.3, 0.4) is 0 Å². The van der Waals surface area contributed by atoms with Crippen molar-refractivity contribution in [2.75, 3.05) is 33.3 Å². The van der Waals surface area contributed by atoms with Crippen molar-refractivity contribution in [3.05, 3.63) is 28.8 Å². The fraction of sp³-hybridized carbons (Fsp3) is 0.529. The predicted molar refractivity (Wildman–Crippen MR) is 92.4 cm³/mol. The van der Waals surface area contributed by atoms with Gasteiger partial charge in [-0.1, -0.05) is 25.4 Å². The topological polar surface area (TPSA) is 58.6 Å². The molecule has 1 amide bonds. The van der Waals surface area contributed by atoms with Gasteiger partial charge >= 0.3 is 0 Å². The van der Waals surface area contributed by atoms with Crippen molar-refractivity contribution >= 4 is 23.3 Å². The monoisotopic (exact) mass is 340 g/mol. The van der Waals surface area contributed by atoms with Crippen LogP contribution in [0.2, 0.25) is 5.02 Å². The summed E-state index contributed by atoms with van der Waals surface area (Å²) in [5.41, 5.74) is 0.413. The zero-order valence-corrected chi connectivity index (χ0v) is 14.8. The quantitative estimate of drug-likeness (QED) is 0.665. The first kappa shape index (κ1) is 19.5. The molecule has 0 aliphatic heterocycles. The van der Waals surface area contributed by atoms with Gasteiger partial charge in [-0.2, -0.15) is 0 Å². The van der Waals surface area contributed by atoms with Crippen LogP contribution in [-0.4, -0.2) is 49.9 Å². The Kier molecular flexibility index (Phi) is 8.66. The zero-order valence-electron chi connectivity index (χ0n) is 14.0. The number of carbonyl (C=O) groups is 2. The number of nitrogens with zero attached hydrogens (tertiary/aromatic N) is 1. The van der Waals surface area contributed by atoms with Gasteiger partial charge in [-0.25, -0.2) is 0 Å². The van der Waals surface area contributed by atoms with Gasteiger partial charge in [0.15, 0.2) is 5.78 Å². The Morgan fingerprint density at radius 2 is 1.91 bits per heavy atom. The molecule has 0 bridgehead atoms. The molecule has 0 fully saturated rings. The lowest BCUT2D eigenvalue weighted by Crippen LogP contribution is -2.34. The van der Waals surface area contributed by atoms with Gasteiger partial charge in [-0.05, 0) is 31.3 Å². The van der Waals surface area contributed by atoms with Crippen molar-refractivity contribution in [1.82, 2.24) is 10.2 Å². The molecule has 1 rings (SSSR count). The highest BCUT2D eigenvalue weighted by Gasteiger charge is 2.14. The molecule has 1 N–H and O–H groups in total. The highest BCUT2D eigenvalue weighted by Crippen LogP contribution is 2.24. The molecular formula is C17H25ClN2O3. The summed E-state index contributed by atoms with van der Waals surface area (Å²) >= 11 is 5.91. The summed E-state index contributed by atoms with van der Waals surface area (Å²) in [6, 6.07) is 4.89. The first-order valence-corrected chi connectivity index (χ1v) is 8.25. The molecule has 0 heterocycles. The smallest absolute Gasteiger partial charge is 0.220 e. The number of ketones is 1. The molecule has 0 saturated heterocycles. The molecule has 6 heteroatoms. The number of halogens is 1. The van der Waals surface area contributed by atoms with E-state index in [1.54, 1.807) is 18.2 Å². The number of amides is 1. The average Bonchev–Trinajstić information content (AvgIpc) is 2.56. The van der Waals surface area contributed by atoms with Gasteiger partial charge in [0.25, 0.3) is 0 Å². The summed E-state index contributed by atoms with van der Waals surface area (Å²) < 4.78 is 5.16. The van der Waals surface area contributed by atoms with Crippen LogP contribution in [0.5, 0.6) is 5.75 Å². The first-order valence-electron chi connectivity index (χ1n) is 7.87. The van der Waals surface area contributed by atoms with E-state index >= 15 is 0 Å². The van der Waals surface area contributed by atoms with Crippen LogP contribution in [-0.2, 0) is 4.79 Å². The third kappa shape index (κ3) is 6.59. The number of methoxy groups -OCH3 is 1. The van der Waals surface area contributed by atoms with Crippen LogP contribution < -0.4 is 10.1 Å². The number of ether oxygens (including phenoxy) is 1. The lowest BCUT2D eigenvalue weighted by molar-refractivity contribution is -0.121. The zero-order chi connectivity index (χ0) is 17.2. The Morgan fingerprint density at radius 3 is 2.52 bits per heavy atom. The Labute approximate surface area is 142 Å². The third-order valence-corrected chi connectivity index (χ3v) is 3.92. The van der Waals surface area contributed by atoms with Crippen LogP contribution in [0.25, 0.3) is 0 Å². The maximum atomic E-state index is 12.2. The molecule has 0 aliphatic carbocycles. The number of Topliss-reactive ketones (excluding diaryl/α,β-unsaturated/α-hetero) is 1. The summed E-state index contributed by atoms with van der Waals surface area (Å²) in [6.45, 7) is 7.49. The fourth-order valence-corrected chi connectivity index (χ4v) is 2.41. The van der Waals surface area contributed by atoms with Gasteiger partial charge < -0.3 is 15.0 Å². The molecule has 0 aliphatic rings. The molecule has 5 nitrogen and oxygen atoms in total. The third-order valence-electron chi connectivity index (χ3n) is 3.69. The molecule has 128 valence electrons. The summed E-state index contributed by atoms with van der Waals surface area (Å²) in [4.78, 5) is 26.3. The van der Waals surface area contributed by atoms with E-state index in [1.165, 1.54) is 7.11 Å². The van der Waals surface area contributed by atoms with E-state index in [4.69, 9.17) is 16.3 Å². The molecule has 1 aromatic rings. The van der Waals surface area contributed by atoms with E-state index < -0.39 is 0 Å². The Bertz CT molecular complexity index is 531. The number of likely N-dealkylation sites (N-methyl/N-ethyl adjacent to an activating group) is 1. The molecule has 0 unspecified atom stereocenters. The minimum absolute atomic E-state index is 0.119. The number of hydrogen-bond donors (Lipinski definition) is 1. The molecule has 1 aromatic carbocycles. The van der Waals surface area contributed by atoms with Crippen LogP contribution in [0.4, 0.5) is 0 Å². The van der Waals surface area contributed by atoms with Crippen molar-refractivity contribution in [1.29, 1.82) is 0 Å². The molecular weight excluding hydrogens is 316 g/mol. The fourth-order valence-electron chi connectivity index (χ4n) is 2.24. The minimum atomic E-state index is -0.150. The van der Waals surface area contributed by atoms with Crippen LogP contribution >= 0.6 is 11.6 Å². The number of benzene rings is 1. The van der Waals surface area contributed by atoms with E-state index in [1.807, 2.05) is 0 Å². The Hall–Kier alpha value is -1.59. The predicted octanol–water partition coefficient (Wildman–Crippen LogP) is 2.77. The van der Waals surface area contributed by atoms with Gasteiger partial charge in [0.2, 0.25) is 5.91 Å². The van der Waals surface area contributed by atoms with Crippen LogP contribution in [0.1, 0.15) is 37.0 Å². The van der Waals surface area contributed by atoms with Crippen LogP contribution in [0, 0.1) is 0 Å². The summed E-state index contributed by atoms with van der Waals surface area (Å²) in [5.74, 6) is 0.205. The molecule has 0 aromatic heterocycles. The van der Waals surface area contributed by atoms with E-state index in [-0.39, 0.29) is 24.5 Å². The van der Waals surface area contributed by atoms with E-state index in [0.29, 0.717) is 22.9 Å². The second-order valence-electron chi connectivity index (χ2n) is 5.14. The Morgan fingerprint density at radius 1 is 1.22 bits per heavy atom. The lowest BCUT2D eigenvalue weighted by Gasteiger charge is -2.17. The normalized spacial score (nSPS) is 10.7. The average molecular weight is 341 g/mol. The largest absolute Gasteiger partial charge is 0.496 e. The highest BCUT2D eigenvalue weighted by atomic mass is 35.5. The summed E-state index contributed by atoms with van der Waals surface area (Å²) in [6.07, 6.45) is 0.292. The van der Waals surface area contributed by atoms with Gasteiger partial charge in [0.1, 0.15) is 5.75 Å². The molecule has 0 atom stereocenters. The Balaban J connectivity index is 2.44. The van der Waals surface area contributed by atoms with Gasteiger partial charge in [0, 0.05) is 31.0 Å². The lowest BCUT2D eigenvalue weighted by atomic mass is 10.1. The van der Waals surface area contributed by atoms with Gasteiger partial charge in [0.05, 0.1) is 12.7 Å². The molecule has 0 saturated carbocycles. The molecule has 0 radical (unpaired) electrons. The standard InChI is InChI=1S/C17H25ClN2O3/c1-4-20(5-2)11-10-19-17(22)9-7-15(21)14-12-13(18)6-8-16(14)23-3/h6,8,12H,4-5,7,9-11H2,1-3H3,(H,19,22). The minimum Gasteiger partial charge on any atom is -0.496 e. The van der Waals surface area contributed by atoms with Crippen LogP contribution in [0.15, 0.2) is 18.2 Å². The maximum absolute atomic E-state index is 12.2. The second kappa shape index (κ2) is 10.2. The molecule has 0 spiro atoms. The van der Waals surface area contributed by atoms with Crippen molar-refractivity contribution in [2.45, 2.75) is 26.7 Å². The first-order chi connectivity index (χ1) is 11.0. The summed E-state index contributed by atoms with van der Waals surface area (Å²) in [7, 11) is 1.50. The van der Waals surface area contributed by atoms with Crippen molar-refractivity contribution in [3.8, 4) is 5.75 Å². The van der Waals surface area contributed by atoms with Crippen molar-refractivity contribution < 1.29 is 14.3 Å². The summed E-state index contributed by atoms with van der Waals surface area (Å²) in [5, 5.41) is 3.31. The number of rotatable bonds is 10. The second-order valence-corrected chi connectivity index (χ2v) is 5.58. The van der Waals surface area contributed by atoms with Crippen molar-refractivity contribution in [2.24, 2.45) is 0 Å². The van der Waals surface area contributed by atoms with E-state index in [9.17, 15) is 9.59 Å². The van der Waals surface area contributed by atoms with E-state index in [2.05, 4.69) is 24.1 Å². The number of carbonyl (C=O) groups excluding carboxylic acids is 2. The number of hydrogen-bond acceptors (Lipinski definition) is 4.